The van der Waals surface area contributed by atoms with Crippen LogP contribution in [0.3, 0.4) is 0 Å². The van der Waals surface area contributed by atoms with Gasteiger partial charge in [-0.3, -0.25) is 4.98 Å². The van der Waals surface area contributed by atoms with Gasteiger partial charge in [0.2, 0.25) is 0 Å². The van der Waals surface area contributed by atoms with Crippen molar-refractivity contribution in [3.63, 3.8) is 0 Å². The quantitative estimate of drug-likeness (QED) is 0.532. The van der Waals surface area contributed by atoms with Crippen molar-refractivity contribution in [3.05, 3.63) is 88.2 Å². The molecule has 0 aliphatic heterocycles. The topological polar surface area (TPSA) is 43.4 Å². The van der Waals surface area contributed by atoms with Gasteiger partial charge >= 0.3 is 0 Å². The van der Waals surface area contributed by atoms with Gasteiger partial charge in [0.05, 0.1) is 17.3 Å². The second-order valence-electron chi connectivity index (χ2n) is 6.54. The fraction of sp³-hybridized carbons (Fsp3) is 0.261. The zero-order valence-electron chi connectivity index (χ0n) is 16.2. The van der Waals surface area contributed by atoms with E-state index in [4.69, 9.17) is 21.1 Å². The number of nitrogens with zero attached hydrogens (tertiary/aromatic N) is 1. The summed E-state index contributed by atoms with van der Waals surface area (Å²) in [5.74, 6) is 1.25. The van der Waals surface area contributed by atoms with E-state index in [-0.39, 0.29) is 0 Å². The first-order valence-electron chi connectivity index (χ1n) is 9.40. The summed E-state index contributed by atoms with van der Waals surface area (Å²) in [6.07, 6.45) is 1.79. The number of aryl methyl sites for hydroxylation is 1. The number of hydrogen-bond acceptors (Lipinski definition) is 4. The number of nitrogens with one attached hydrogen (secondary N) is 1. The van der Waals surface area contributed by atoms with Crippen molar-refractivity contribution in [2.75, 3.05) is 6.61 Å². The SMILES string of the molecule is CCOc1cc(CNCc2ccccn2)cc(Cl)c1OCc1cccc(C)c1. The molecule has 1 heterocycles. The number of aromatic nitrogens is 1. The minimum atomic E-state index is 0.443. The number of ether oxygens (including phenoxy) is 2. The lowest BCUT2D eigenvalue weighted by molar-refractivity contribution is 0.269. The highest BCUT2D eigenvalue weighted by molar-refractivity contribution is 6.32. The molecule has 28 heavy (non-hydrogen) atoms. The lowest BCUT2D eigenvalue weighted by Gasteiger charge is -2.16. The monoisotopic (exact) mass is 396 g/mol. The molecule has 3 rings (SSSR count). The van der Waals surface area contributed by atoms with Crippen molar-refractivity contribution in [2.24, 2.45) is 0 Å². The van der Waals surface area contributed by atoms with Crippen LogP contribution < -0.4 is 14.8 Å². The minimum Gasteiger partial charge on any atom is -0.490 e. The number of pyridine rings is 1. The second-order valence-corrected chi connectivity index (χ2v) is 6.95. The molecule has 1 aromatic heterocycles. The third-order valence-electron chi connectivity index (χ3n) is 4.20. The number of hydrogen-bond donors (Lipinski definition) is 1. The second kappa shape index (κ2) is 10.1. The Morgan fingerprint density at radius 3 is 2.61 bits per heavy atom. The minimum absolute atomic E-state index is 0.443. The Morgan fingerprint density at radius 2 is 1.86 bits per heavy atom. The smallest absolute Gasteiger partial charge is 0.180 e. The highest BCUT2D eigenvalue weighted by Gasteiger charge is 2.13. The Bertz CT molecular complexity index is 900. The fourth-order valence-electron chi connectivity index (χ4n) is 2.92. The molecule has 2 aromatic carbocycles. The molecule has 0 spiro atoms. The van der Waals surface area contributed by atoms with Crippen LogP contribution in [0.15, 0.2) is 60.8 Å². The van der Waals surface area contributed by atoms with Gasteiger partial charge in [0.25, 0.3) is 0 Å². The van der Waals surface area contributed by atoms with Crippen molar-refractivity contribution < 1.29 is 9.47 Å². The van der Waals surface area contributed by atoms with Gasteiger partial charge in [-0.25, -0.2) is 0 Å². The Hall–Kier alpha value is -2.56. The lowest BCUT2D eigenvalue weighted by Crippen LogP contribution is -2.14. The van der Waals surface area contributed by atoms with E-state index in [9.17, 15) is 0 Å². The first-order chi connectivity index (χ1) is 13.7. The third-order valence-corrected chi connectivity index (χ3v) is 4.48. The molecule has 146 valence electrons. The Balaban J connectivity index is 1.68. The number of halogens is 1. The van der Waals surface area contributed by atoms with Crippen LogP contribution in [-0.2, 0) is 19.7 Å². The van der Waals surface area contributed by atoms with E-state index in [1.54, 1.807) is 6.20 Å². The molecule has 5 heteroatoms. The van der Waals surface area contributed by atoms with Crippen LogP contribution >= 0.6 is 11.6 Å². The van der Waals surface area contributed by atoms with E-state index in [1.807, 2.05) is 49.4 Å². The van der Waals surface area contributed by atoms with Gasteiger partial charge in [0.15, 0.2) is 11.5 Å². The van der Waals surface area contributed by atoms with Gasteiger partial charge in [-0.15, -0.1) is 0 Å². The van der Waals surface area contributed by atoms with Crippen LogP contribution in [0, 0.1) is 6.92 Å². The molecule has 0 amide bonds. The molecule has 0 saturated carbocycles. The van der Waals surface area contributed by atoms with Crippen LogP contribution in [0.1, 0.15) is 29.3 Å². The molecule has 0 aliphatic carbocycles. The van der Waals surface area contributed by atoms with Gasteiger partial charge in [-0.05, 0) is 49.2 Å². The molecule has 0 unspecified atom stereocenters. The summed E-state index contributed by atoms with van der Waals surface area (Å²) in [6.45, 7) is 6.35. The number of benzene rings is 2. The summed E-state index contributed by atoms with van der Waals surface area (Å²) in [5.41, 5.74) is 4.33. The highest BCUT2D eigenvalue weighted by atomic mass is 35.5. The highest BCUT2D eigenvalue weighted by Crippen LogP contribution is 2.37. The van der Waals surface area contributed by atoms with Crippen LogP contribution in [0.2, 0.25) is 5.02 Å². The standard InChI is InChI=1S/C23H25ClN2O2/c1-3-27-22-13-19(14-25-15-20-9-4-5-10-26-20)12-21(24)23(22)28-16-18-8-6-7-17(2)11-18/h4-13,25H,3,14-16H2,1-2H3. The summed E-state index contributed by atoms with van der Waals surface area (Å²) < 4.78 is 11.8. The molecule has 0 atom stereocenters. The van der Waals surface area contributed by atoms with E-state index in [0.717, 1.165) is 16.8 Å². The zero-order chi connectivity index (χ0) is 19.8. The predicted molar refractivity (Wildman–Crippen MR) is 113 cm³/mol. The molecule has 4 nitrogen and oxygen atoms in total. The predicted octanol–water partition coefficient (Wildman–Crippen LogP) is 5.31. The van der Waals surface area contributed by atoms with Crippen LogP contribution in [0.4, 0.5) is 0 Å². The normalized spacial score (nSPS) is 10.7. The maximum Gasteiger partial charge on any atom is 0.180 e. The average molecular weight is 397 g/mol. The molecule has 0 aliphatic rings. The fourth-order valence-corrected chi connectivity index (χ4v) is 3.21. The first-order valence-corrected chi connectivity index (χ1v) is 9.77. The van der Waals surface area contributed by atoms with Crippen molar-refractivity contribution in [1.29, 1.82) is 0 Å². The lowest BCUT2D eigenvalue weighted by atomic mass is 10.1. The summed E-state index contributed by atoms with van der Waals surface area (Å²) >= 11 is 6.52. The summed E-state index contributed by atoms with van der Waals surface area (Å²) in [5, 5.41) is 3.93. The number of rotatable bonds is 9. The van der Waals surface area contributed by atoms with E-state index in [1.165, 1.54) is 5.56 Å². The van der Waals surface area contributed by atoms with Crippen molar-refractivity contribution in [2.45, 2.75) is 33.5 Å². The molecule has 0 fully saturated rings. The van der Waals surface area contributed by atoms with Crippen LogP contribution in [0.5, 0.6) is 11.5 Å². The Labute approximate surface area is 171 Å². The maximum absolute atomic E-state index is 6.52. The van der Waals surface area contributed by atoms with Gasteiger partial charge in [0, 0.05) is 19.3 Å². The summed E-state index contributed by atoms with van der Waals surface area (Å²) in [6, 6.07) is 18.0. The molecule has 1 N–H and O–H groups in total. The van der Waals surface area contributed by atoms with E-state index < -0.39 is 0 Å². The molecular formula is C23H25ClN2O2. The van der Waals surface area contributed by atoms with Gasteiger partial charge in [-0.1, -0.05) is 47.5 Å². The van der Waals surface area contributed by atoms with Gasteiger partial charge in [-0.2, -0.15) is 0 Å². The summed E-state index contributed by atoms with van der Waals surface area (Å²) in [7, 11) is 0. The van der Waals surface area contributed by atoms with Gasteiger partial charge in [0.1, 0.15) is 6.61 Å². The third kappa shape index (κ3) is 5.72. The van der Waals surface area contributed by atoms with E-state index in [0.29, 0.717) is 42.8 Å². The van der Waals surface area contributed by atoms with Gasteiger partial charge < -0.3 is 14.8 Å². The molecule has 3 aromatic rings. The van der Waals surface area contributed by atoms with Crippen molar-refractivity contribution in [3.8, 4) is 11.5 Å². The zero-order valence-corrected chi connectivity index (χ0v) is 17.0. The van der Waals surface area contributed by atoms with Crippen molar-refractivity contribution in [1.82, 2.24) is 10.3 Å². The Morgan fingerprint density at radius 1 is 0.964 bits per heavy atom. The molecule has 0 radical (unpaired) electrons. The molecule has 0 saturated heterocycles. The maximum atomic E-state index is 6.52. The van der Waals surface area contributed by atoms with E-state index in [2.05, 4.69) is 29.4 Å². The molecule has 0 bridgehead atoms. The van der Waals surface area contributed by atoms with Crippen LogP contribution in [0.25, 0.3) is 0 Å². The summed E-state index contributed by atoms with van der Waals surface area (Å²) in [4.78, 5) is 4.31. The Kier molecular flexibility index (Phi) is 7.29. The largest absolute Gasteiger partial charge is 0.490 e. The average Bonchev–Trinajstić information content (AvgIpc) is 2.68. The van der Waals surface area contributed by atoms with Crippen molar-refractivity contribution >= 4 is 11.6 Å². The van der Waals surface area contributed by atoms with Crippen LogP contribution in [-0.4, -0.2) is 11.6 Å². The van der Waals surface area contributed by atoms with E-state index >= 15 is 0 Å². The first kappa shape index (κ1) is 20.2. The molecular weight excluding hydrogens is 372 g/mol.